The molecule has 0 aromatic heterocycles. The molecule has 0 fully saturated rings. The Hall–Kier alpha value is -1.77. The summed E-state index contributed by atoms with van der Waals surface area (Å²) in [4.78, 5) is 11.5. The highest BCUT2D eigenvalue weighted by molar-refractivity contribution is 5.87. The molecule has 18 heavy (non-hydrogen) atoms. The Bertz CT molecular complexity index is 461. The number of phenols is 1. The van der Waals surface area contributed by atoms with Crippen LogP contribution < -0.4 is 0 Å². The van der Waals surface area contributed by atoms with Crippen LogP contribution in [0.5, 0.6) is 5.75 Å². The maximum atomic E-state index is 11.5. The fourth-order valence-electron chi connectivity index (χ4n) is 1.59. The summed E-state index contributed by atoms with van der Waals surface area (Å²) in [5.74, 6) is -0.0866. The van der Waals surface area contributed by atoms with E-state index in [0.29, 0.717) is 5.57 Å². The number of carbonyl (C=O) groups excluding carboxylic acids is 1. The second-order valence-electron chi connectivity index (χ2n) is 4.53. The first kappa shape index (κ1) is 14.3. The summed E-state index contributed by atoms with van der Waals surface area (Å²) < 4.78 is 5.18. The van der Waals surface area contributed by atoms with Gasteiger partial charge in [-0.2, -0.15) is 0 Å². The number of phenolic OH excluding ortho intramolecular Hbond substituents is 1. The zero-order valence-electron chi connectivity index (χ0n) is 11.4. The van der Waals surface area contributed by atoms with Crippen molar-refractivity contribution in [2.75, 3.05) is 6.61 Å². The van der Waals surface area contributed by atoms with Gasteiger partial charge < -0.3 is 9.84 Å². The number of aromatic hydroxyl groups is 1. The highest BCUT2D eigenvalue weighted by Crippen LogP contribution is 2.26. The molecule has 98 valence electrons. The average molecular weight is 248 g/mol. The predicted octanol–water partition coefficient (Wildman–Crippen LogP) is 3.31. The first-order valence-corrected chi connectivity index (χ1v) is 6.05. The minimum absolute atomic E-state index is 0.0285. The van der Waals surface area contributed by atoms with Crippen LogP contribution in [-0.4, -0.2) is 17.7 Å². The van der Waals surface area contributed by atoms with Crippen molar-refractivity contribution in [1.29, 1.82) is 0 Å². The number of hydrogen-bond donors (Lipinski definition) is 1. The predicted molar refractivity (Wildman–Crippen MR) is 71.6 cm³/mol. The number of rotatable bonds is 4. The van der Waals surface area contributed by atoms with Crippen molar-refractivity contribution in [3.8, 4) is 5.75 Å². The summed E-state index contributed by atoms with van der Waals surface area (Å²) in [6.07, 6.45) is 1.72. The molecule has 1 rings (SSSR count). The fourth-order valence-corrected chi connectivity index (χ4v) is 1.59. The van der Waals surface area contributed by atoms with Crippen LogP contribution in [0.3, 0.4) is 0 Å². The van der Waals surface area contributed by atoms with Crippen LogP contribution in [-0.2, 0) is 9.53 Å². The van der Waals surface area contributed by atoms with E-state index >= 15 is 0 Å². The summed E-state index contributed by atoms with van der Waals surface area (Å²) >= 11 is 0. The van der Waals surface area contributed by atoms with E-state index in [9.17, 15) is 9.90 Å². The van der Waals surface area contributed by atoms with E-state index in [0.717, 1.165) is 11.1 Å². The first-order chi connectivity index (χ1) is 8.45. The zero-order chi connectivity index (χ0) is 13.7. The Balaban J connectivity index is 2.66. The minimum Gasteiger partial charge on any atom is -0.508 e. The van der Waals surface area contributed by atoms with Crippen molar-refractivity contribution in [3.63, 3.8) is 0 Å². The van der Waals surface area contributed by atoms with E-state index in [4.69, 9.17) is 4.74 Å². The van der Waals surface area contributed by atoms with E-state index < -0.39 is 0 Å². The van der Waals surface area contributed by atoms with Gasteiger partial charge in [0.1, 0.15) is 5.75 Å². The monoisotopic (exact) mass is 248 g/mol. The molecular formula is C15H20O3. The van der Waals surface area contributed by atoms with Gasteiger partial charge in [0, 0.05) is 17.1 Å². The average Bonchev–Trinajstić information content (AvgIpc) is 2.34. The Morgan fingerprint density at radius 3 is 2.72 bits per heavy atom. The Morgan fingerprint density at radius 2 is 2.17 bits per heavy atom. The number of allylic oxidation sites excluding steroid dienone is 1. The molecule has 0 bridgehead atoms. The van der Waals surface area contributed by atoms with Gasteiger partial charge in [0.25, 0.3) is 0 Å². The third-order valence-electron chi connectivity index (χ3n) is 2.94. The number of ether oxygens (including phenoxy) is 1. The molecule has 0 spiro atoms. The maximum absolute atomic E-state index is 11.5. The van der Waals surface area contributed by atoms with Gasteiger partial charge in [0.2, 0.25) is 0 Å². The van der Waals surface area contributed by atoms with Crippen LogP contribution in [0, 0.1) is 6.92 Å². The zero-order valence-corrected chi connectivity index (χ0v) is 11.4. The molecule has 1 aromatic carbocycles. The molecule has 0 aliphatic heterocycles. The molecule has 1 unspecified atom stereocenters. The lowest BCUT2D eigenvalue weighted by atomic mass is 9.99. The lowest BCUT2D eigenvalue weighted by Crippen LogP contribution is -2.11. The van der Waals surface area contributed by atoms with Gasteiger partial charge in [-0.15, -0.1) is 0 Å². The van der Waals surface area contributed by atoms with Gasteiger partial charge in [0.15, 0.2) is 0 Å². The first-order valence-electron chi connectivity index (χ1n) is 6.05. The number of carbonyl (C=O) groups is 1. The second kappa shape index (κ2) is 6.24. The highest BCUT2D eigenvalue weighted by atomic mass is 16.5. The smallest absolute Gasteiger partial charge is 0.333 e. The lowest BCUT2D eigenvalue weighted by molar-refractivity contribution is -0.139. The van der Waals surface area contributed by atoms with E-state index in [-0.39, 0.29) is 24.2 Å². The molecule has 1 aromatic rings. The molecule has 3 heteroatoms. The summed E-state index contributed by atoms with van der Waals surface area (Å²) in [6.45, 7) is 7.62. The van der Waals surface area contributed by atoms with Gasteiger partial charge in [0.05, 0.1) is 6.61 Å². The third-order valence-corrected chi connectivity index (χ3v) is 2.94. The molecule has 0 aliphatic rings. The molecule has 0 radical (unpaired) electrons. The molecule has 0 saturated carbocycles. The van der Waals surface area contributed by atoms with Gasteiger partial charge in [-0.3, -0.25) is 0 Å². The standard InChI is InChI=1S/C15H20O3/c1-5-11(3)15(17)18-9-12(4)13-7-6-10(2)8-14(13)16/h5-8,12,16H,9H2,1-4H3/b11-5-. The van der Waals surface area contributed by atoms with Crippen LogP contribution in [0.2, 0.25) is 0 Å². The van der Waals surface area contributed by atoms with Crippen LogP contribution in [0.1, 0.15) is 37.8 Å². The SMILES string of the molecule is C/C=C(/C)C(=O)OCC(C)c1ccc(C)cc1O. The van der Waals surface area contributed by atoms with Gasteiger partial charge >= 0.3 is 5.97 Å². The summed E-state index contributed by atoms with van der Waals surface area (Å²) in [7, 11) is 0. The Labute approximate surface area is 108 Å². The third kappa shape index (κ3) is 3.62. The van der Waals surface area contributed by atoms with Crippen LogP contribution in [0.15, 0.2) is 29.8 Å². The normalized spacial score (nSPS) is 13.2. The summed E-state index contributed by atoms with van der Waals surface area (Å²) in [5, 5.41) is 9.83. The van der Waals surface area contributed by atoms with E-state index in [1.807, 2.05) is 26.0 Å². The summed E-state index contributed by atoms with van der Waals surface area (Å²) in [6, 6.07) is 5.51. The van der Waals surface area contributed by atoms with Gasteiger partial charge in [-0.1, -0.05) is 25.1 Å². The quantitative estimate of drug-likeness (QED) is 0.656. The van der Waals surface area contributed by atoms with Crippen molar-refractivity contribution in [1.82, 2.24) is 0 Å². The van der Waals surface area contributed by atoms with Crippen LogP contribution in [0.4, 0.5) is 0 Å². The molecule has 1 atom stereocenters. The van der Waals surface area contributed by atoms with E-state index in [1.165, 1.54) is 0 Å². The fraction of sp³-hybridized carbons (Fsp3) is 0.400. The molecule has 1 N–H and O–H groups in total. The maximum Gasteiger partial charge on any atom is 0.333 e. The van der Waals surface area contributed by atoms with Crippen molar-refractivity contribution < 1.29 is 14.6 Å². The Kier molecular flexibility index (Phi) is 4.95. The second-order valence-corrected chi connectivity index (χ2v) is 4.53. The number of hydrogen-bond acceptors (Lipinski definition) is 3. The van der Waals surface area contributed by atoms with Gasteiger partial charge in [-0.25, -0.2) is 4.79 Å². The van der Waals surface area contributed by atoms with Crippen molar-refractivity contribution >= 4 is 5.97 Å². The molecule has 0 saturated heterocycles. The van der Waals surface area contributed by atoms with Crippen LogP contribution >= 0.6 is 0 Å². The topological polar surface area (TPSA) is 46.5 Å². The lowest BCUT2D eigenvalue weighted by Gasteiger charge is -2.14. The van der Waals surface area contributed by atoms with Crippen molar-refractivity contribution in [2.24, 2.45) is 0 Å². The largest absolute Gasteiger partial charge is 0.508 e. The van der Waals surface area contributed by atoms with E-state index in [2.05, 4.69) is 0 Å². The highest BCUT2D eigenvalue weighted by Gasteiger charge is 2.13. The minimum atomic E-state index is -0.309. The number of esters is 1. The Morgan fingerprint density at radius 1 is 1.50 bits per heavy atom. The molecule has 0 amide bonds. The molecular weight excluding hydrogens is 228 g/mol. The van der Waals surface area contributed by atoms with Gasteiger partial charge in [-0.05, 0) is 32.4 Å². The molecule has 0 heterocycles. The van der Waals surface area contributed by atoms with Crippen molar-refractivity contribution in [3.05, 3.63) is 41.0 Å². The molecule has 0 aliphatic carbocycles. The van der Waals surface area contributed by atoms with Crippen molar-refractivity contribution in [2.45, 2.75) is 33.6 Å². The van der Waals surface area contributed by atoms with Crippen LogP contribution in [0.25, 0.3) is 0 Å². The van der Waals surface area contributed by atoms with E-state index in [1.54, 1.807) is 26.0 Å². The number of benzene rings is 1. The number of aryl methyl sites for hydroxylation is 1. The summed E-state index contributed by atoms with van der Waals surface area (Å²) in [5.41, 5.74) is 2.40. The molecule has 3 nitrogen and oxygen atoms in total.